The topological polar surface area (TPSA) is 76.7 Å². The fourth-order valence-electron chi connectivity index (χ4n) is 4.44. The molecule has 0 aliphatic rings. The summed E-state index contributed by atoms with van der Waals surface area (Å²) in [7, 11) is 0. The average Bonchev–Trinajstić information content (AvgIpc) is 2.74. The molecule has 0 fully saturated rings. The van der Waals surface area contributed by atoms with Crippen molar-refractivity contribution in [3.05, 3.63) is 0 Å². The van der Waals surface area contributed by atoms with Crippen molar-refractivity contribution in [3.63, 3.8) is 0 Å². The van der Waals surface area contributed by atoms with E-state index in [4.69, 9.17) is 9.47 Å². The number of alkyl carbamates (subject to hydrolysis) is 1. The van der Waals surface area contributed by atoms with Crippen molar-refractivity contribution < 1.29 is 19.1 Å². The second-order valence-corrected chi connectivity index (χ2v) is 19.9. The van der Waals surface area contributed by atoms with Crippen molar-refractivity contribution in [2.45, 2.75) is 182 Å². The summed E-state index contributed by atoms with van der Waals surface area (Å²) < 4.78 is 10.7. The summed E-state index contributed by atoms with van der Waals surface area (Å²) in [6.45, 7) is 41.1. The number of nitrogens with one attached hydrogen (secondary N) is 2. The van der Waals surface area contributed by atoms with Gasteiger partial charge in [0, 0.05) is 25.1 Å². The summed E-state index contributed by atoms with van der Waals surface area (Å²) >= 11 is 0. The monoisotopic (exact) mass is 627 g/mol. The molecule has 0 spiro atoms. The maximum atomic E-state index is 12.2. The first-order valence-electron chi connectivity index (χ1n) is 17.2. The number of amides is 2. The number of hydrogen-bond acceptors (Lipinski definition) is 4. The predicted octanol–water partition coefficient (Wildman–Crippen LogP) is 10.6. The molecule has 0 heterocycles. The Bertz CT molecular complexity index is 794. The molecule has 0 aromatic carbocycles. The van der Waals surface area contributed by atoms with Gasteiger partial charge in [-0.25, -0.2) is 4.79 Å². The lowest BCUT2D eigenvalue weighted by Crippen LogP contribution is -2.46. The van der Waals surface area contributed by atoms with Crippen LogP contribution in [0.15, 0.2) is 0 Å². The van der Waals surface area contributed by atoms with Crippen LogP contribution in [-0.4, -0.2) is 43.9 Å². The van der Waals surface area contributed by atoms with Crippen molar-refractivity contribution in [1.29, 1.82) is 0 Å². The molecule has 264 valence electrons. The number of ether oxygens (including phenoxy) is 2. The number of rotatable bonds is 13. The Morgan fingerprint density at radius 1 is 0.523 bits per heavy atom. The van der Waals surface area contributed by atoms with Gasteiger partial charge in [-0.15, -0.1) is 0 Å². The summed E-state index contributed by atoms with van der Waals surface area (Å²) in [6, 6.07) is 0.324. The summed E-state index contributed by atoms with van der Waals surface area (Å²) in [5.74, 6) is 0.216. The van der Waals surface area contributed by atoms with Gasteiger partial charge in [-0.05, 0) is 64.6 Å². The second kappa shape index (κ2) is 18.7. The number of unbranched alkanes of at least 4 members (excludes halogenated alkanes) is 1. The minimum Gasteiger partial charge on any atom is -0.447 e. The standard InChI is InChI=1S/C19H39NO3.C19H39NO/c1-17(2,3)10-11-22-12-13-23-16(21)20-15(19(7,8)9)14-18(4,5)6;1-17(2,3)13-11-10-12-16(21)20-15(19(7,8)9)14-18(4,5)6/h15H,10-14H2,1-9H3,(H,20,21);15H,10-14H2,1-9H3,(H,20,21). The Morgan fingerprint density at radius 2 is 0.955 bits per heavy atom. The van der Waals surface area contributed by atoms with E-state index in [1.807, 2.05) is 0 Å². The van der Waals surface area contributed by atoms with Crippen LogP contribution in [0.4, 0.5) is 4.79 Å². The molecule has 6 heteroatoms. The van der Waals surface area contributed by atoms with Gasteiger partial charge in [0.1, 0.15) is 6.61 Å². The highest BCUT2D eigenvalue weighted by atomic mass is 16.6. The van der Waals surface area contributed by atoms with Crippen LogP contribution < -0.4 is 10.6 Å². The highest BCUT2D eigenvalue weighted by Crippen LogP contribution is 2.32. The maximum Gasteiger partial charge on any atom is 0.407 e. The van der Waals surface area contributed by atoms with Gasteiger partial charge in [-0.2, -0.15) is 0 Å². The lowest BCUT2D eigenvalue weighted by atomic mass is 9.77. The van der Waals surface area contributed by atoms with E-state index < -0.39 is 0 Å². The summed E-state index contributed by atoms with van der Waals surface area (Å²) in [6.07, 6.45) is 6.55. The van der Waals surface area contributed by atoms with Crippen molar-refractivity contribution >= 4 is 12.0 Å². The van der Waals surface area contributed by atoms with E-state index in [9.17, 15) is 9.59 Å². The number of hydrogen-bond donors (Lipinski definition) is 2. The average molecular weight is 627 g/mol. The van der Waals surface area contributed by atoms with Crippen LogP contribution in [0.3, 0.4) is 0 Å². The Morgan fingerprint density at radius 3 is 1.34 bits per heavy atom. The molecule has 0 saturated carbocycles. The zero-order chi connectivity index (χ0) is 35.2. The van der Waals surface area contributed by atoms with Crippen molar-refractivity contribution in [3.8, 4) is 0 Å². The summed E-state index contributed by atoms with van der Waals surface area (Å²) in [5, 5.41) is 6.28. The largest absolute Gasteiger partial charge is 0.447 e. The van der Waals surface area contributed by atoms with Crippen molar-refractivity contribution in [2.75, 3.05) is 19.8 Å². The molecular formula is C38H78N2O4. The van der Waals surface area contributed by atoms with E-state index in [1.165, 1.54) is 6.42 Å². The van der Waals surface area contributed by atoms with Crippen LogP contribution in [0.2, 0.25) is 0 Å². The molecule has 0 aromatic heterocycles. The lowest BCUT2D eigenvalue weighted by molar-refractivity contribution is -0.123. The molecule has 2 N–H and O–H groups in total. The Hall–Kier alpha value is -1.30. The van der Waals surface area contributed by atoms with Gasteiger partial charge in [-0.1, -0.05) is 131 Å². The third-order valence-electron chi connectivity index (χ3n) is 7.39. The first-order valence-corrected chi connectivity index (χ1v) is 17.2. The van der Waals surface area contributed by atoms with E-state index in [1.54, 1.807) is 0 Å². The molecular weight excluding hydrogens is 548 g/mol. The zero-order valence-corrected chi connectivity index (χ0v) is 32.9. The second-order valence-electron chi connectivity index (χ2n) is 19.9. The molecule has 2 amide bonds. The third-order valence-corrected chi connectivity index (χ3v) is 7.39. The van der Waals surface area contributed by atoms with Crippen LogP contribution in [-0.2, 0) is 14.3 Å². The minimum absolute atomic E-state index is 0.00446. The number of carbonyl (C=O) groups is 2. The molecule has 44 heavy (non-hydrogen) atoms. The molecule has 0 radical (unpaired) electrons. The Kier molecular flexibility index (Phi) is 19.1. The molecule has 0 saturated heterocycles. The van der Waals surface area contributed by atoms with Gasteiger partial charge >= 0.3 is 6.09 Å². The quantitative estimate of drug-likeness (QED) is 0.199. The van der Waals surface area contributed by atoms with Gasteiger partial charge in [0.05, 0.1) is 6.61 Å². The van der Waals surface area contributed by atoms with Crippen LogP contribution in [0.5, 0.6) is 0 Å². The molecule has 6 nitrogen and oxygen atoms in total. The van der Waals surface area contributed by atoms with E-state index >= 15 is 0 Å². The molecule has 0 aliphatic heterocycles. The van der Waals surface area contributed by atoms with Gasteiger partial charge in [-0.3, -0.25) is 4.79 Å². The van der Waals surface area contributed by atoms with Gasteiger partial charge in [0.2, 0.25) is 5.91 Å². The Labute approximate surface area is 275 Å². The molecule has 0 bridgehead atoms. The van der Waals surface area contributed by atoms with Gasteiger partial charge in [0.15, 0.2) is 0 Å². The van der Waals surface area contributed by atoms with Crippen LogP contribution in [0.1, 0.15) is 170 Å². The van der Waals surface area contributed by atoms with E-state index in [0.29, 0.717) is 31.7 Å². The minimum atomic E-state index is -0.353. The fraction of sp³-hybridized carbons (Fsp3) is 0.947. The van der Waals surface area contributed by atoms with E-state index in [-0.39, 0.29) is 51.2 Å². The van der Waals surface area contributed by atoms with Crippen LogP contribution in [0, 0.1) is 32.5 Å². The first kappa shape index (κ1) is 44.8. The van der Waals surface area contributed by atoms with Crippen LogP contribution >= 0.6 is 0 Å². The normalized spacial score (nSPS) is 14.7. The van der Waals surface area contributed by atoms with E-state index in [0.717, 1.165) is 32.1 Å². The first-order chi connectivity index (χ1) is 19.4. The van der Waals surface area contributed by atoms with Crippen molar-refractivity contribution in [2.24, 2.45) is 32.5 Å². The van der Waals surface area contributed by atoms with Crippen LogP contribution in [0.25, 0.3) is 0 Å². The molecule has 2 unspecified atom stereocenters. The fourth-order valence-corrected chi connectivity index (χ4v) is 4.44. The molecule has 0 aliphatic carbocycles. The van der Waals surface area contributed by atoms with Gasteiger partial charge < -0.3 is 20.1 Å². The highest BCUT2D eigenvalue weighted by Gasteiger charge is 2.31. The highest BCUT2D eigenvalue weighted by molar-refractivity contribution is 5.76. The maximum absolute atomic E-state index is 12.2. The summed E-state index contributed by atoms with van der Waals surface area (Å²) in [4.78, 5) is 24.2. The SMILES string of the molecule is CC(C)(C)CCCCC(=O)NC(CC(C)(C)C)C(C)(C)C.CC(C)(C)CCOCCOC(=O)NC(CC(C)(C)C)C(C)(C)C. The molecule has 0 rings (SSSR count). The predicted molar refractivity (Wildman–Crippen MR) is 190 cm³/mol. The smallest absolute Gasteiger partial charge is 0.407 e. The van der Waals surface area contributed by atoms with Gasteiger partial charge in [0.25, 0.3) is 0 Å². The zero-order valence-electron chi connectivity index (χ0n) is 32.9. The molecule has 0 aromatic rings. The summed E-state index contributed by atoms with van der Waals surface area (Å²) in [5.41, 5.74) is 1.13. The number of carbonyl (C=O) groups excluding carboxylic acids is 2. The molecule has 2 atom stereocenters. The third kappa shape index (κ3) is 29.4. The van der Waals surface area contributed by atoms with Crippen molar-refractivity contribution in [1.82, 2.24) is 10.6 Å². The van der Waals surface area contributed by atoms with E-state index in [2.05, 4.69) is 135 Å². The lowest BCUT2D eigenvalue weighted by Gasteiger charge is -2.36. The Balaban J connectivity index is 0.